The molecule has 0 aromatic heterocycles. The molecule has 1 N–H and O–H groups in total. The number of hydrogen-bond donors (Lipinski definition) is 1. The Morgan fingerprint density at radius 2 is 2.50 bits per heavy atom. The zero-order valence-corrected chi connectivity index (χ0v) is 6.15. The minimum Gasteiger partial charge on any atom is -0.301 e. The maximum Gasteiger partial charge on any atom is 0.115 e. The highest BCUT2D eigenvalue weighted by atomic mass is 19.1. The lowest BCUT2D eigenvalue weighted by Gasteiger charge is -1.96. The molecule has 0 bridgehead atoms. The Hall–Kier alpha value is -0.550. The minimum absolute atomic E-state index is 0.106. The van der Waals surface area contributed by atoms with Crippen LogP contribution in [-0.2, 0) is 0 Å². The molecule has 0 saturated carbocycles. The van der Waals surface area contributed by atoms with Gasteiger partial charge in [-0.3, -0.25) is 0 Å². The number of hydrogen-bond acceptors (Lipinski definition) is 1. The van der Waals surface area contributed by atoms with Crippen molar-refractivity contribution in [2.45, 2.75) is 32.0 Å². The van der Waals surface area contributed by atoms with Crippen molar-refractivity contribution >= 4 is 0 Å². The van der Waals surface area contributed by atoms with E-state index in [2.05, 4.69) is 17.2 Å². The monoisotopic (exact) mass is 141 g/mol. The van der Waals surface area contributed by atoms with E-state index in [-0.39, 0.29) is 6.04 Å². The number of alkyl halides is 1. The van der Waals surface area contributed by atoms with Crippen molar-refractivity contribution in [3.63, 3.8) is 0 Å². The van der Waals surface area contributed by atoms with Crippen LogP contribution in [-0.4, -0.2) is 18.8 Å². The molecule has 1 fully saturated rings. The van der Waals surface area contributed by atoms with Gasteiger partial charge in [0.25, 0.3) is 0 Å². The number of halogens is 1. The summed E-state index contributed by atoms with van der Waals surface area (Å²) in [5.74, 6) is 5.89. The van der Waals surface area contributed by atoms with E-state index in [0.717, 1.165) is 6.42 Å². The van der Waals surface area contributed by atoms with Crippen LogP contribution in [0, 0.1) is 11.8 Å². The normalized spacial score (nSPS) is 31.4. The summed E-state index contributed by atoms with van der Waals surface area (Å²) in [5.41, 5.74) is 0. The van der Waals surface area contributed by atoms with Crippen molar-refractivity contribution in [1.29, 1.82) is 0 Å². The SMILES string of the molecule is CCC#C[C@@H]1C[C@H](F)CN1. The molecule has 1 aliphatic heterocycles. The van der Waals surface area contributed by atoms with Crippen LogP contribution in [0.1, 0.15) is 19.8 Å². The Labute approximate surface area is 61.0 Å². The third-order valence-corrected chi connectivity index (χ3v) is 1.53. The average molecular weight is 141 g/mol. The topological polar surface area (TPSA) is 12.0 Å². The van der Waals surface area contributed by atoms with Gasteiger partial charge in [0.2, 0.25) is 0 Å². The standard InChI is InChI=1S/C8H12FN/c1-2-3-4-8-5-7(9)6-10-8/h7-8,10H,2,5-6H2,1H3/t7-,8+/m0/s1. The first-order valence-electron chi connectivity index (χ1n) is 3.68. The van der Waals surface area contributed by atoms with Gasteiger partial charge in [-0.25, -0.2) is 4.39 Å². The van der Waals surface area contributed by atoms with E-state index in [1.54, 1.807) is 0 Å². The quantitative estimate of drug-likeness (QED) is 0.498. The molecular weight excluding hydrogens is 129 g/mol. The molecule has 0 amide bonds. The zero-order chi connectivity index (χ0) is 7.40. The highest BCUT2D eigenvalue weighted by Crippen LogP contribution is 2.08. The van der Waals surface area contributed by atoms with Crippen molar-refractivity contribution in [1.82, 2.24) is 5.32 Å². The molecule has 1 nitrogen and oxygen atoms in total. The van der Waals surface area contributed by atoms with Gasteiger partial charge in [-0.1, -0.05) is 12.8 Å². The second-order valence-corrected chi connectivity index (χ2v) is 2.47. The van der Waals surface area contributed by atoms with Crippen LogP contribution in [0.15, 0.2) is 0 Å². The Balaban J connectivity index is 2.31. The molecule has 0 aromatic rings. The van der Waals surface area contributed by atoms with Crippen molar-refractivity contribution in [3.05, 3.63) is 0 Å². The summed E-state index contributed by atoms with van der Waals surface area (Å²) in [4.78, 5) is 0. The van der Waals surface area contributed by atoms with Crippen LogP contribution in [0.2, 0.25) is 0 Å². The van der Waals surface area contributed by atoms with Crippen LogP contribution in [0.5, 0.6) is 0 Å². The van der Waals surface area contributed by atoms with Gasteiger partial charge in [0.15, 0.2) is 0 Å². The smallest absolute Gasteiger partial charge is 0.115 e. The molecule has 0 unspecified atom stereocenters. The minimum atomic E-state index is -0.684. The summed E-state index contributed by atoms with van der Waals surface area (Å²) in [6.07, 6.45) is 0.735. The van der Waals surface area contributed by atoms with Gasteiger partial charge < -0.3 is 5.32 Å². The van der Waals surface area contributed by atoms with Crippen molar-refractivity contribution in [2.75, 3.05) is 6.54 Å². The first-order valence-corrected chi connectivity index (χ1v) is 3.68. The molecule has 0 aliphatic carbocycles. The van der Waals surface area contributed by atoms with E-state index in [4.69, 9.17) is 0 Å². The number of nitrogens with one attached hydrogen (secondary N) is 1. The molecule has 0 aromatic carbocycles. The average Bonchev–Trinajstić information content (AvgIpc) is 2.31. The summed E-state index contributed by atoms with van der Waals surface area (Å²) in [5, 5.41) is 2.99. The predicted octanol–water partition coefficient (Wildman–Crippen LogP) is 1.10. The van der Waals surface area contributed by atoms with Gasteiger partial charge in [0.1, 0.15) is 6.17 Å². The van der Waals surface area contributed by atoms with Gasteiger partial charge in [-0.2, -0.15) is 0 Å². The molecule has 10 heavy (non-hydrogen) atoms. The molecule has 1 saturated heterocycles. The second-order valence-electron chi connectivity index (χ2n) is 2.47. The van der Waals surface area contributed by atoms with Crippen molar-refractivity contribution < 1.29 is 4.39 Å². The highest BCUT2D eigenvalue weighted by molar-refractivity contribution is 5.10. The fourth-order valence-electron chi connectivity index (χ4n) is 1.03. The molecule has 0 radical (unpaired) electrons. The summed E-state index contributed by atoms with van der Waals surface area (Å²) in [6.45, 7) is 2.47. The molecule has 2 heteroatoms. The molecule has 1 aliphatic rings. The highest BCUT2D eigenvalue weighted by Gasteiger charge is 2.20. The van der Waals surface area contributed by atoms with Crippen molar-refractivity contribution in [2.24, 2.45) is 0 Å². The summed E-state index contributed by atoms with van der Waals surface area (Å²) in [7, 11) is 0. The fraction of sp³-hybridized carbons (Fsp3) is 0.750. The Morgan fingerprint density at radius 1 is 1.70 bits per heavy atom. The van der Waals surface area contributed by atoms with Gasteiger partial charge in [-0.15, -0.1) is 5.92 Å². The van der Waals surface area contributed by atoms with Gasteiger partial charge in [0.05, 0.1) is 6.04 Å². The Morgan fingerprint density at radius 3 is 3.00 bits per heavy atom. The second kappa shape index (κ2) is 3.58. The molecule has 56 valence electrons. The van der Waals surface area contributed by atoms with E-state index < -0.39 is 6.17 Å². The van der Waals surface area contributed by atoms with Crippen LogP contribution in [0.4, 0.5) is 4.39 Å². The zero-order valence-electron chi connectivity index (χ0n) is 6.15. The van der Waals surface area contributed by atoms with E-state index in [9.17, 15) is 4.39 Å². The van der Waals surface area contributed by atoms with Gasteiger partial charge in [0, 0.05) is 19.4 Å². The van der Waals surface area contributed by atoms with Crippen molar-refractivity contribution in [3.8, 4) is 11.8 Å². The van der Waals surface area contributed by atoms with Crippen LogP contribution < -0.4 is 5.32 Å². The van der Waals surface area contributed by atoms with Crippen LogP contribution >= 0.6 is 0 Å². The summed E-state index contributed by atoms with van der Waals surface area (Å²) in [6, 6.07) is 0.106. The lowest BCUT2D eigenvalue weighted by Crippen LogP contribution is -2.19. The van der Waals surface area contributed by atoms with E-state index >= 15 is 0 Å². The van der Waals surface area contributed by atoms with E-state index in [1.807, 2.05) is 6.92 Å². The third-order valence-electron chi connectivity index (χ3n) is 1.53. The van der Waals surface area contributed by atoms with Crippen LogP contribution in [0.25, 0.3) is 0 Å². The largest absolute Gasteiger partial charge is 0.301 e. The molecule has 2 atom stereocenters. The Bertz CT molecular complexity index is 156. The van der Waals surface area contributed by atoms with Gasteiger partial charge in [-0.05, 0) is 0 Å². The maximum atomic E-state index is 12.5. The number of rotatable bonds is 0. The molecule has 1 rings (SSSR count). The first kappa shape index (κ1) is 7.56. The van der Waals surface area contributed by atoms with E-state index in [1.165, 1.54) is 0 Å². The fourth-order valence-corrected chi connectivity index (χ4v) is 1.03. The molecular formula is C8H12FN. The summed E-state index contributed by atoms with van der Waals surface area (Å²) < 4.78 is 12.5. The van der Waals surface area contributed by atoms with Gasteiger partial charge >= 0.3 is 0 Å². The lowest BCUT2D eigenvalue weighted by molar-refractivity contribution is 0.359. The lowest BCUT2D eigenvalue weighted by atomic mass is 10.2. The van der Waals surface area contributed by atoms with E-state index in [0.29, 0.717) is 13.0 Å². The first-order chi connectivity index (χ1) is 4.83. The molecule has 0 spiro atoms. The Kier molecular flexibility index (Phi) is 2.70. The predicted molar refractivity (Wildman–Crippen MR) is 39.4 cm³/mol. The maximum absolute atomic E-state index is 12.5. The van der Waals surface area contributed by atoms with Crippen LogP contribution in [0.3, 0.4) is 0 Å². The summed E-state index contributed by atoms with van der Waals surface area (Å²) >= 11 is 0. The third kappa shape index (κ3) is 2.00. The molecule has 1 heterocycles.